The lowest BCUT2D eigenvalue weighted by atomic mass is 10.2. The number of benzene rings is 2. The molecule has 7 heteroatoms. The largest absolute Gasteiger partial charge is 0.497 e. The first kappa shape index (κ1) is 19.5. The van der Waals surface area contributed by atoms with Gasteiger partial charge in [-0.15, -0.1) is 0 Å². The number of halogens is 2. The molecule has 2 aromatic rings. The van der Waals surface area contributed by atoms with E-state index in [-0.39, 0.29) is 24.4 Å². The van der Waals surface area contributed by atoms with Crippen LogP contribution in [0.1, 0.15) is 28.8 Å². The van der Waals surface area contributed by atoms with Crippen molar-refractivity contribution in [1.82, 2.24) is 10.2 Å². The molecule has 1 N–H and O–H groups in total. The minimum Gasteiger partial charge on any atom is -0.497 e. The quantitative estimate of drug-likeness (QED) is 0.757. The molecule has 0 aliphatic heterocycles. The fourth-order valence-corrected chi connectivity index (χ4v) is 3.03. The Kier molecular flexibility index (Phi) is 6.24. The van der Waals surface area contributed by atoms with Crippen molar-refractivity contribution in [3.8, 4) is 5.75 Å². The van der Waals surface area contributed by atoms with Crippen molar-refractivity contribution in [3.05, 3.63) is 63.6 Å². The number of hydrogen-bond donors (Lipinski definition) is 1. The van der Waals surface area contributed by atoms with Gasteiger partial charge in [-0.05, 0) is 48.7 Å². The van der Waals surface area contributed by atoms with Crippen molar-refractivity contribution in [3.63, 3.8) is 0 Å². The molecule has 1 fully saturated rings. The summed E-state index contributed by atoms with van der Waals surface area (Å²) in [6, 6.07) is 12.5. The van der Waals surface area contributed by atoms with E-state index in [0.29, 0.717) is 22.2 Å². The third-order valence-electron chi connectivity index (χ3n) is 4.40. The van der Waals surface area contributed by atoms with Crippen LogP contribution >= 0.6 is 23.2 Å². The Morgan fingerprint density at radius 1 is 1.11 bits per heavy atom. The Balaban J connectivity index is 1.59. The molecule has 2 amide bonds. The molecule has 3 rings (SSSR count). The van der Waals surface area contributed by atoms with Gasteiger partial charge in [-0.25, -0.2) is 0 Å². The number of carbonyl (C=O) groups is 2. The average molecular weight is 407 g/mol. The van der Waals surface area contributed by atoms with Crippen LogP contribution in [0.25, 0.3) is 0 Å². The van der Waals surface area contributed by atoms with Gasteiger partial charge in [-0.2, -0.15) is 0 Å². The molecule has 0 spiro atoms. The smallest absolute Gasteiger partial charge is 0.251 e. The van der Waals surface area contributed by atoms with Crippen molar-refractivity contribution in [2.75, 3.05) is 13.7 Å². The van der Waals surface area contributed by atoms with Gasteiger partial charge in [0, 0.05) is 18.2 Å². The Morgan fingerprint density at radius 2 is 1.81 bits per heavy atom. The van der Waals surface area contributed by atoms with Crippen molar-refractivity contribution in [2.45, 2.75) is 25.4 Å². The molecule has 27 heavy (non-hydrogen) atoms. The Labute approximate surface area is 168 Å². The summed E-state index contributed by atoms with van der Waals surface area (Å²) in [7, 11) is 1.62. The number of nitrogens with zero attached hydrogens (tertiary/aromatic N) is 1. The van der Waals surface area contributed by atoms with Crippen LogP contribution in [0.5, 0.6) is 5.75 Å². The van der Waals surface area contributed by atoms with Crippen molar-refractivity contribution < 1.29 is 14.3 Å². The van der Waals surface area contributed by atoms with Gasteiger partial charge in [0.1, 0.15) is 5.75 Å². The summed E-state index contributed by atoms with van der Waals surface area (Å²) in [6.07, 6.45) is 1.98. The van der Waals surface area contributed by atoms with Crippen LogP contribution in [0.3, 0.4) is 0 Å². The second-order valence-electron chi connectivity index (χ2n) is 6.41. The van der Waals surface area contributed by atoms with E-state index >= 15 is 0 Å². The standard InChI is InChI=1S/C20H20Cl2N2O3/c1-27-16-7-2-13(3-8-16)12-24(15-5-6-15)19(25)11-23-20(26)14-4-9-17(21)18(22)10-14/h2-4,7-10,15H,5-6,11-12H2,1H3,(H,23,26). The fourth-order valence-electron chi connectivity index (χ4n) is 2.73. The van der Waals surface area contributed by atoms with Crippen LogP contribution in [0.15, 0.2) is 42.5 Å². The van der Waals surface area contributed by atoms with Gasteiger partial charge in [-0.3, -0.25) is 9.59 Å². The average Bonchev–Trinajstić information content (AvgIpc) is 3.51. The molecule has 0 radical (unpaired) electrons. The van der Waals surface area contributed by atoms with E-state index in [2.05, 4.69) is 5.32 Å². The minimum absolute atomic E-state index is 0.0638. The van der Waals surface area contributed by atoms with Gasteiger partial charge in [0.25, 0.3) is 5.91 Å². The highest BCUT2D eigenvalue weighted by atomic mass is 35.5. The predicted octanol–water partition coefficient (Wildman–Crippen LogP) is 3.92. The third-order valence-corrected chi connectivity index (χ3v) is 5.14. The maximum Gasteiger partial charge on any atom is 0.251 e. The van der Waals surface area contributed by atoms with E-state index in [4.69, 9.17) is 27.9 Å². The van der Waals surface area contributed by atoms with E-state index in [1.807, 2.05) is 29.2 Å². The molecule has 1 aliphatic carbocycles. The second-order valence-corrected chi connectivity index (χ2v) is 7.23. The summed E-state index contributed by atoms with van der Waals surface area (Å²) in [4.78, 5) is 26.7. The summed E-state index contributed by atoms with van der Waals surface area (Å²) in [5.41, 5.74) is 1.39. The van der Waals surface area contributed by atoms with E-state index in [9.17, 15) is 9.59 Å². The lowest BCUT2D eigenvalue weighted by Crippen LogP contribution is -2.41. The molecule has 142 valence electrons. The van der Waals surface area contributed by atoms with Crippen LogP contribution in [-0.4, -0.2) is 36.4 Å². The number of amides is 2. The molecule has 0 saturated heterocycles. The van der Waals surface area contributed by atoms with E-state index < -0.39 is 0 Å². The SMILES string of the molecule is COc1ccc(CN(C(=O)CNC(=O)c2ccc(Cl)c(Cl)c2)C2CC2)cc1. The van der Waals surface area contributed by atoms with Gasteiger partial charge < -0.3 is 15.0 Å². The Bertz CT molecular complexity index is 836. The third kappa shape index (κ3) is 5.15. The van der Waals surface area contributed by atoms with Gasteiger partial charge in [0.2, 0.25) is 5.91 Å². The van der Waals surface area contributed by atoms with E-state index in [1.165, 1.54) is 6.07 Å². The molecule has 2 aromatic carbocycles. The zero-order chi connectivity index (χ0) is 19.4. The van der Waals surface area contributed by atoms with Gasteiger partial charge >= 0.3 is 0 Å². The van der Waals surface area contributed by atoms with Gasteiger partial charge in [0.15, 0.2) is 0 Å². The second kappa shape index (κ2) is 8.63. The molecule has 0 bridgehead atoms. The molecule has 0 unspecified atom stereocenters. The Morgan fingerprint density at radius 3 is 2.41 bits per heavy atom. The predicted molar refractivity (Wildman–Crippen MR) is 105 cm³/mol. The zero-order valence-electron chi connectivity index (χ0n) is 14.9. The Hall–Kier alpha value is -2.24. The molecule has 1 saturated carbocycles. The van der Waals surface area contributed by atoms with Crippen molar-refractivity contribution >= 4 is 35.0 Å². The number of nitrogens with one attached hydrogen (secondary N) is 1. The van der Waals surface area contributed by atoms with Crippen LogP contribution in [0.4, 0.5) is 0 Å². The number of ether oxygens (including phenoxy) is 1. The maximum absolute atomic E-state index is 12.6. The summed E-state index contributed by atoms with van der Waals surface area (Å²) in [5, 5.41) is 3.34. The highest BCUT2D eigenvalue weighted by Gasteiger charge is 2.32. The normalized spacial score (nSPS) is 13.1. The first-order valence-electron chi connectivity index (χ1n) is 8.63. The van der Waals surface area contributed by atoms with Crippen LogP contribution in [0, 0.1) is 0 Å². The van der Waals surface area contributed by atoms with Crippen LogP contribution in [-0.2, 0) is 11.3 Å². The number of hydrogen-bond acceptors (Lipinski definition) is 3. The molecule has 5 nitrogen and oxygen atoms in total. The highest BCUT2D eigenvalue weighted by Crippen LogP contribution is 2.29. The van der Waals surface area contributed by atoms with Crippen LogP contribution < -0.4 is 10.1 Å². The summed E-state index contributed by atoms with van der Waals surface area (Å²) < 4.78 is 5.16. The van der Waals surface area contributed by atoms with Crippen molar-refractivity contribution in [1.29, 1.82) is 0 Å². The summed E-state index contributed by atoms with van der Waals surface area (Å²) >= 11 is 11.8. The minimum atomic E-state index is -0.359. The molecule has 0 heterocycles. The lowest BCUT2D eigenvalue weighted by Gasteiger charge is -2.23. The van der Waals surface area contributed by atoms with E-state index in [1.54, 1.807) is 19.2 Å². The van der Waals surface area contributed by atoms with Gasteiger partial charge in [0.05, 0.1) is 23.7 Å². The molecule has 0 aromatic heterocycles. The molecular formula is C20H20Cl2N2O3. The van der Waals surface area contributed by atoms with Gasteiger partial charge in [-0.1, -0.05) is 35.3 Å². The first-order valence-corrected chi connectivity index (χ1v) is 9.39. The highest BCUT2D eigenvalue weighted by molar-refractivity contribution is 6.42. The number of carbonyl (C=O) groups excluding carboxylic acids is 2. The topological polar surface area (TPSA) is 58.6 Å². The monoisotopic (exact) mass is 406 g/mol. The van der Waals surface area contributed by atoms with Crippen LogP contribution in [0.2, 0.25) is 10.0 Å². The van der Waals surface area contributed by atoms with E-state index in [0.717, 1.165) is 24.2 Å². The zero-order valence-corrected chi connectivity index (χ0v) is 16.4. The molecule has 1 aliphatic rings. The van der Waals surface area contributed by atoms with Crippen molar-refractivity contribution in [2.24, 2.45) is 0 Å². The maximum atomic E-state index is 12.6. The fraction of sp³-hybridized carbons (Fsp3) is 0.300. The first-order chi connectivity index (χ1) is 13.0. The molecule has 0 atom stereocenters. The lowest BCUT2D eigenvalue weighted by molar-refractivity contribution is -0.131. The summed E-state index contributed by atoms with van der Waals surface area (Å²) in [6.45, 7) is 0.446. The number of rotatable bonds is 7. The number of methoxy groups -OCH3 is 1. The summed E-state index contributed by atoms with van der Waals surface area (Å²) in [5.74, 6) is 0.306. The molecular weight excluding hydrogens is 387 g/mol.